The summed E-state index contributed by atoms with van der Waals surface area (Å²) in [5.41, 5.74) is 5.12. The van der Waals surface area contributed by atoms with Crippen molar-refractivity contribution in [2.45, 2.75) is 20.0 Å². The first kappa shape index (κ1) is 25.1. The molecule has 6 aromatic rings. The second-order valence-corrected chi connectivity index (χ2v) is 9.21. The van der Waals surface area contributed by atoms with Crippen molar-refractivity contribution in [3.05, 3.63) is 114 Å². The van der Waals surface area contributed by atoms with E-state index in [4.69, 9.17) is 0 Å². The van der Waals surface area contributed by atoms with Gasteiger partial charge in [0.25, 0.3) is 0 Å². The monoisotopic (exact) mass is 669 g/mol. The van der Waals surface area contributed by atoms with Crippen molar-refractivity contribution >= 4 is 32.3 Å². The maximum Gasteiger partial charge on any atom is 0.417 e. The van der Waals surface area contributed by atoms with Crippen LogP contribution in [0.1, 0.15) is 16.7 Å². The Kier molecular flexibility index (Phi) is 6.39. The van der Waals surface area contributed by atoms with Crippen LogP contribution in [-0.2, 0) is 26.3 Å². The van der Waals surface area contributed by atoms with Gasteiger partial charge >= 0.3 is 6.18 Å². The molecule has 0 spiro atoms. The fourth-order valence-electron chi connectivity index (χ4n) is 5.20. The summed E-state index contributed by atoms with van der Waals surface area (Å²) < 4.78 is 40.8. The molecule has 0 aliphatic carbocycles. The summed E-state index contributed by atoms with van der Waals surface area (Å²) in [6, 6.07) is 29.3. The third-order valence-electron chi connectivity index (χ3n) is 6.71. The molecule has 0 fully saturated rings. The van der Waals surface area contributed by atoms with Crippen molar-refractivity contribution in [1.29, 1.82) is 0 Å². The number of hydrogen-bond acceptors (Lipinski definition) is 1. The smallest absolute Gasteiger partial charge is 0.304 e. The first-order valence-electron chi connectivity index (χ1n) is 11.7. The van der Waals surface area contributed by atoms with Gasteiger partial charge in [-0.2, -0.15) is 13.2 Å². The molecule has 0 aliphatic heterocycles. The van der Waals surface area contributed by atoms with Crippen molar-refractivity contribution in [3.8, 4) is 22.4 Å². The number of halogens is 3. The van der Waals surface area contributed by atoms with Crippen LogP contribution in [-0.4, -0.2) is 4.98 Å². The van der Waals surface area contributed by atoms with Gasteiger partial charge in [-0.15, -0.1) is 34.9 Å². The summed E-state index contributed by atoms with van der Waals surface area (Å²) in [6.07, 6.45) is -2.58. The van der Waals surface area contributed by atoms with Gasteiger partial charge in [-0.3, -0.25) is 0 Å². The van der Waals surface area contributed by atoms with Gasteiger partial charge in [0.1, 0.15) is 0 Å². The van der Waals surface area contributed by atoms with E-state index < -0.39 is 11.7 Å². The number of hydrogen-bond donors (Lipinski definition) is 0. The van der Waals surface area contributed by atoms with E-state index in [0.29, 0.717) is 5.39 Å². The minimum atomic E-state index is -4.40. The van der Waals surface area contributed by atoms with Crippen molar-refractivity contribution < 1.29 is 33.3 Å². The van der Waals surface area contributed by atoms with Crippen LogP contribution in [0.3, 0.4) is 0 Å². The Morgan fingerprint density at radius 3 is 2.22 bits per heavy atom. The number of benzene rings is 5. The number of alkyl halides is 3. The maximum atomic E-state index is 13.6. The molecule has 37 heavy (non-hydrogen) atoms. The molecule has 0 amide bonds. The Balaban J connectivity index is 0.00000280. The predicted octanol–water partition coefficient (Wildman–Crippen LogP) is 9.31. The van der Waals surface area contributed by atoms with E-state index >= 15 is 0 Å². The molecular formula is C32H21F3IrN-. The van der Waals surface area contributed by atoms with Crippen LogP contribution in [0.4, 0.5) is 13.2 Å². The van der Waals surface area contributed by atoms with Crippen molar-refractivity contribution in [3.63, 3.8) is 0 Å². The minimum Gasteiger partial charge on any atom is -0.304 e. The van der Waals surface area contributed by atoms with E-state index in [1.165, 1.54) is 12.1 Å². The molecule has 185 valence electrons. The summed E-state index contributed by atoms with van der Waals surface area (Å²) >= 11 is 0. The second kappa shape index (κ2) is 9.41. The summed E-state index contributed by atoms with van der Waals surface area (Å²) in [7, 11) is 0. The van der Waals surface area contributed by atoms with Crippen molar-refractivity contribution in [1.82, 2.24) is 4.98 Å². The van der Waals surface area contributed by atoms with Crippen LogP contribution in [0.25, 0.3) is 54.7 Å². The molecule has 5 aromatic carbocycles. The van der Waals surface area contributed by atoms with E-state index in [1.54, 1.807) is 24.3 Å². The summed E-state index contributed by atoms with van der Waals surface area (Å²) in [4.78, 5) is 4.67. The van der Waals surface area contributed by atoms with Crippen LogP contribution >= 0.6 is 0 Å². The number of aromatic nitrogens is 1. The molecule has 0 N–H and O–H groups in total. The molecule has 5 heteroatoms. The molecule has 0 aliphatic rings. The van der Waals surface area contributed by atoms with Crippen LogP contribution in [0.2, 0.25) is 0 Å². The van der Waals surface area contributed by atoms with Gasteiger partial charge < -0.3 is 4.98 Å². The zero-order chi connectivity index (χ0) is 25.0. The topological polar surface area (TPSA) is 12.9 Å². The largest absolute Gasteiger partial charge is 0.417 e. The molecule has 0 atom stereocenters. The number of rotatable bonds is 2. The van der Waals surface area contributed by atoms with E-state index in [1.807, 2.05) is 31.3 Å². The first-order valence-corrected chi connectivity index (χ1v) is 11.7. The van der Waals surface area contributed by atoms with Crippen LogP contribution in [0.5, 0.6) is 0 Å². The van der Waals surface area contributed by atoms with Crippen LogP contribution < -0.4 is 0 Å². The second-order valence-electron chi connectivity index (χ2n) is 9.21. The van der Waals surface area contributed by atoms with E-state index in [2.05, 4.69) is 48.3 Å². The average molecular weight is 669 g/mol. The zero-order valence-electron chi connectivity index (χ0n) is 20.1. The Bertz CT molecular complexity index is 1780. The summed E-state index contributed by atoms with van der Waals surface area (Å²) in [5.74, 6) is 0. The van der Waals surface area contributed by atoms with E-state index in [0.717, 1.165) is 55.1 Å². The van der Waals surface area contributed by atoms with E-state index in [9.17, 15) is 13.2 Å². The molecule has 1 aromatic heterocycles. The van der Waals surface area contributed by atoms with Gasteiger partial charge in [-0.05, 0) is 67.3 Å². The maximum absolute atomic E-state index is 13.6. The van der Waals surface area contributed by atoms with Gasteiger partial charge in [0, 0.05) is 26.3 Å². The fraction of sp³-hybridized carbons (Fsp3) is 0.0938. The van der Waals surface area contributed by atoms with Gasteiger partial charge in [0.15, 0.2) is 0 Å². The zero-order valence-corrected chi connectivity index (χ0v) is 22.5. The Morgan fingerprint density at radius 2 is 1.46 bits per heavy atom. The standard InChI is InChI=1S/C32H21F3N.Ir/c1-19-15-20(2)17-23(16-19)31-29-10-8-22-18-21(7-9-24(22)27(29)13-14-36-31)25-11-12-30(32(33,34)35)28-6-4-3-5-26(25)28;/h3-16,18H,1-2H3;/q-1;. The number of fused-ring (bicyclic) bond motifs is 4. The molecular weight excluding hydrogens is 648 g/mol. The van der Waals surface area contributed by atoms with Crippen molar-refractivity contribution in [2.24, 2.45) is 0 Å². The molecule has 0 bridgehead atoms. The fourth-order valence-corrected chi connectivity index (χ4v) is 5.20. The van der Waals surface area contributed by atoms with Crippen LogP contribution in [0.15, 0.2) is 91.1 Å². The Labute approximate surface area is 226 Å². The third kappa shape index (κ3) is 4.43. The van der Waals surface area contributed by atoms with Crippen molar-refractivity contribution in [2.75, 3.05) is 0 Å². The first-order chi connectivity index (χ1) is 17.3. The van der Waals surface area contributed by atoms with Gasteiger partial charge in [0.2, 0.25) is 0 Å². The summed E-state index contributed by atoms with van der Waals surface area (Å²) in [5, 5.41) is 5.00. The SMILES string of the molecule is Cc1[c-]c(-c2nccc3c2ccc2cc(-c4ccc(C(F)(F)F)c5ccccc45)ccc23)cc(C)c1.[Ir]. The molecule has 0 saturated carbocycles. The van der Waals surface area contributed by atoms with Gasteiger partial charge in [-0.25, -0.2) is 0 Å². The van der Waals surface area contributed by atoms with Gasteiger partial charge in [-0.1, -0.05) is 68.4 Å². The molecule has 0 saturated heterocycles. The predicted molar refractivity (Wildman–Crippen MR) is 141 cm³/mol. The summed E-state index contributed by atoms with van der Waals surface area (Å²) in [6.45, 7) is 4.10. The Hall–Kier alpha value is -3.53. The average Bonchev–Trinajstić information content (AvgIpc) is 2.86. The van der Waals surface area contributed by atoms with E-state index in [-0.39, 0.29) is 25.5 Å². The molecule has 1 heterocycles. The third-order valence-corrected chi connectivity index (χ3v) is 6.71. The molecule has 1 radical (unpaired) electrons. The molecule has 6 rings (SSSR count). The number of pyridine rings is 1. The molecule has 1 nitrogen and oxygen atoms in total. The van der Waals surface area contributed by atoms with Crippen LogP contribution in [0, 0.1) is 19.9 Å². The minimum absolute atomic E-state index is 0. The molecule has 0 unspecified atom stereocenters. The number of aryl methyl sites for hydroxylation is 2. The quantitative estimate of drug-likeness (QED) is 0.132. The van der Waals surface area contributed by atoms with Gasteiger partial charge in [0.05, 0.1) is 5.56 Å². The number of nitrogens with zero attached hydrogens (tertiary/aromatic N) is 1. The Morgan fingerprint density at radius 1 is 0.703 bits per heavy atom. The normalized spacial score (nSPS) is 11.7.